The topological polar surface area (TPSA) is 0 Å². The second kappa shape index (κ2) is 6.27. The lowest BCUT2D eigenvalue weighted by Gasteiger charge is -2.08. The maximum Gasteiger partial charge on any atom is -0.0155 e. The van der Waals surface area contributed by atoms with E-state index in [-0.39, 0.29) is 0 Å². The van der Waals surface area contributed by atoms with Crippen LogP contribution in [0.1, 0.15) is 57.2 Å². The molecule has 0 aliphatic rings. The van der Waals surface area contributed by atoms with Gasteiger partial charge in [-0.25, -0.2) is 0 Å². The first-order valence-electron chi connectivity index (χ1n) is 5.48. The van der Waals surface area contributed by atoms with Crippen molar-refractivity contribution in [3.63, 3.8) is 0 Å². The van der Waals surface area contributed by atoms with E-state index in [9.17, 15) is 0 Å². The predicted molar refractivity (Wildman–Crippen MR) is 63.1 cm³/mol. The Morgan fingerprint density at radius 1 is 1.31 bits per heavy atom. The summed E-state index contributed by atoms with van der Waals surface area (Å²) in [6, 6.07) is 4.51. The summed E-state index contributed by atoms with van der Waals surface area (Å²) >= 11 is 0. The van der Waals surface area contributed by atoms with Crippen LogP contribution in [0.5, 0.6) is 0 Å². The quantitative estimate of drug-likeness (QED) is 0.574. The Morgan fingerprint density at radius 3 is 2.77 bits per heavy atom. The fraction of sp³-hybridized carbons (Fsp3) is 0.667. The summed E-state index contributed by atoms with van der Waals surface area (Å²) in [6.07, 6.45) is 6.98. The van der Waals surface area contributed by atoms with Gasteiger partial charge in [0, 0.05) is 0 Å². The lowest BCUT2D eigenvalue weighted by Crippen LogP contribution is -1.89. The van der Waals surface area contributed by atoms with Crippen LogP contribution in [0.4, 0.5) is 0 Å². The smallest absolute Gasteiger partial charge is 0.0155 e. The van der Waals surface area contributed by atoms with Gasteiger partial charge in [0.2, 0.25) is 0 Å². The van der Waals surface area contributed by atoms with E-state index in [1.807, 2.05) is 0 Å². The van der Waals surface area contributed by atoms with Crippen LogP contribution in [0, 0.1) is 0 Å². The minimum atomic E-state index is 0.824. The van der Waals surface area contributed by atoms with Crippen LogP contribution in [-0.4, -0.2) is 0 Å². The number of rotatable bonds is 6. The van der Waals surface area contributed by atoms with Crippen molar-refractivity contribution in [3.05, 3.63) is 23.2 Å². The second-order valence-electron chi connectivity index (χ2n) is 3.88. The monoisotopic (exact) mass is 196 g/mol. The van der Waals surface area contributed by atoms with Crippen molar-refractivity contribution in [2.75, 3.05) is 0 Å². The summed E-state index contributed by atoms with van der Waals surface area (Å²) in [5.74, 6) is 3.11. The highest BCUT2D eigenvalue weighted by molar-refractivity contribution is 7.30. The minimum Gasteiger partial charge on any atom is -0.136 e. The summed E-state index contributed by atoms with van der Waals surface area (Å²) in [7, 11) is 0.973. The molecule has 0 radical (unpaired) electrons. The van der Waals surface area contributed by atoms with E-state index in [2.05, 4.69) is 31.8 Å². The molecular formula is C12H21P. The zero-order chi connectivity index (χ0) is 9.52. The molecule has 0 saturated carbocycles. The molecule has 1 aromatic heterocycles. The average molecular weight is 196 g/mol. The molecule has 1 aromatic rings. The molecule has 1 rings (SSSR count). The van der Waals surface area contributed by atoms with Gasteiger partial charge in [0.1, 0.15) is 0 Å². The van der Waals surface area contributed by atoms with Crippen LogP contribution < -0.4 is 0 Å². The fourth-order valence-corrected chi connectivity index (χ4v) is 2.69. The molecule has 0 spiro atoms. The third kappa shape index (κ3) is 4.00. The Kier molecular flexibility index (Phi) is 5.23. The van der Waals surface area contributed by atoms with Gasteiger partial charge in [-0.3, -0.25) is 0 Å². The van der Waals surface area contributed by atoms with Crippen molar-refractivity contribution in [1.82, 2.24) is 0 Å². The summed E-state index contributed by atoms with van der Waals surface area (Å²) in [6.45, 7) is 4.64. The number of unbranched alkanes of at least 4 members (excludes halogenated alkanes) is 3. The largest absolute Gasteiger partial charge is 0.136 e. The van der Waals surface area contributed by atoms with Crippen LogP contribution in [-0.2, 0) is 0 Å². The van der Waals surface area contributed by atoms with Gasteiger partial charge in [-0.05, 0) is 23.4 Å². The molecule has 1 heterocycles. The molecule has 2 unspecified atom stereocenters. The number of hydrogen-bond acceptors (Lipinski definition) is 0. The Labute approximate surface area is 83.8 Å². The molecule has 2 atom stereocenters. The molecule has 0 saturated heterocycles. The van der Waals surface area contributed by atoms with E-state index < -0.39 is 0 Å². The summed E-state index contributed by atoms with van der Waals surface area (Å²) in [5.41, 5.74) is 0. The van der Waals surface area contributed by atoms with Gasteiger partial charge in [-0.15, -0.1) is 8.19 Å². The van der Waals surface area contributed by atoms with Crippen molar-refractivity contribution >= 4 is 8.19 Å². The maximum absolute atomic E-state index is 2.37. The lowest BCUT2D eigenvalue weighted by molar-refractivity contribution is 0.585. The van der Waals surface area contributed by atoms with Gasteiger partial charge in [-0.1, -0.05) is 51.7 Å². The van der Waals surface area contributed by atoms with Crippen LogP contribution in [0.3, 0.4) is 0 Å². The Balaban J connectivity index is 2.15. The van der Waals surface area contributed by atoms with E-state index in [0.29, 0.717) is 0 Å². The normalized spacial score (nSPS) is 13.7. The molecule has 74 valence electrons. The van der Waals surface area contributed by atoms with Gasteiger partial charge in [-0.2, -0.15) is 0 Å². The standard InChI is InChI=1S/C12H21P/c1-3-4-5-6-8-11(2)12-9-7-10-13-12/h7,9-11,13H,3-6,8H2,1-2H3. The van der Waals surface area contributed by atoms with Gasteiger partial charge in [0.05, 0.1) is 0 Å². The molecule has 0 N–H and O–H groups in total. The fourth-order valence-electron chi connectivity index (χ4n) is 1.68. The third-order valence-corrected chi connectivity index (χ3v) is 4.00. The Morgan fingerprint density at radius 2 is 2.15 bits per heavy atom. The average Bonchev–Trinajstić information content (AvgIpc) is 2.65. The zero-order valence-corrected chi connectivity index (χ0v) is 9.84. The first kappa shape index (κ1) is 10.9. The van der Waals surface area contributed by atoms with E-state index in [1.165, 1.54) is 32.1 Å². The van der Waals surface area contributed by atoms with Crippen molar-refractivity contribution in [2.24, 2.45) is 0 Å². The van der Waals surface area contributed by atoms with Crippen molar-refractivity contribution < 1.29 is 0 Å². The summed E-state index contributed by atoms with van der Waals surface area (Å²) in [4.78, 5) is 0. The SMILES string of the molecule is CCCCCCC(C)c1ccc[pH]1. The molecule has 0 aliphatic carbocycles. The predicted octanol–water partition coefficient (Wildman–Crippen LogP) is 4.79. The first-order valence-corrected chi connectivity index (χ1v) is 6.55. The second-order valence-corrected chi connectivity index (χ2v) is 5.08. The highest BCUT2D eigenvalue weighted by Crippen LogP contribution is 2.28. The molecule has 0 aliphatic heterocycles. The first-order chi connectivity index (χ1) is 6.34. The Hall–Kier alpha value is -0.220. The number of hydrogen-bond donors (Lipinski definition) is 0. The van der Waals surface area contributed by atoms with Crippen LogP contribution in [0.25, 0.3) is 0 Å². The highest BCUT2D eigenvalue weighted by atomic mass is 31.0. The van der Waals surface area contributed by atoms with Crippen molar-refractivity contribution in [3.8, 4) is 0 Å². The molecule has 0 amide bonds. The Bertz CT molecular complexity index is 201. The van der Waals surface area contributed by atoms with Crippen LogP contribution in [0.2, 0.25) is 0 Å². The molecule has 0 aromatic carbocycles. The van der Waals surface area contributed by atoms with E-state index in [1.54, 1.807) is 5.30 Å². The van der Waals surface area contributed by atoms with Crippen LogP contribution in [0.15, 0.2) is 17.9 Å². The maximum atomic E-state index is 2.37. The van der Waals surface area contributed by atoms with Crippen LogP contribution >= 0.6 is 8.19 Å². The molecule has 1 heteroatoms. The van der Waals surface area contributed by atoms with E-state index in [4.69, 9.17) is 0 Å². The summed E-state index contributed by atoms with van der Waals surface area (Å²) in [5, 5.41) is 1.66. The minimum absolute atomic E-state index is 0.824. The third-order valence-electron chi connectivity index (χ3n) is 2.64. The molecule has 0 fully saturated rings. The molecule has 0 bridgehead atoms. The van der Waals surface area contributed by atoms with Gasteiger partial charge < -0.3 is 0 Å². The molecule has 13 heavy (non-hydrogen) atoms. The lowest BCUT2D eigenvalue weighted by atomic mass is 10.0. The van der Waals surface area contributed by atoms with Gasteiger partial charge >= 0.3 is 0 Å². The summed E-state index contributed by atoms with van der Waals surface area (Å²) < 4.78 is 0. The van der Waals surface area contributed by atoms with E-state index >= 15 is 0 Å². The molecular weight excluding hydrogens is 175 g/mol. The molecule has 0 nitrogen and oxygen atoms in total. The van der Waals surface area contributed by atoms with Crippen molar-refractivity contribution in [1.29, 1.82) is 0 Å². The van der Waals surface area contributed by atoms with Crippen molar-refractivity contribution in [2.45, 2.75) is 51.9 Å². The van der Waals surface area contributed by atoms with E-state index in [0.717, 1.165) is 14.1 Å². The zero-order valence-electron chi connectivity index (χ0n) is 8.84. The highest BCUT2D eigenvalue weighted by Gasteiger charge is 2.03. The van der Waals surface area contributed by atoms with Gasteiger partial charge in [0.25, 0.3) is 0 Å². The van der Waals surface area contributed by atoms with Gasteiger partial charge in [0.15, 0.2) is 0 Å².